The summed E-state index contributed by atoms with van der Waals surface area (Å²) in [5.41, 5.74) is 2.26. The zero-order valence-corrected chi connectivity index (χ0v) is 9.27. The van der Waals surface area contributed by atoms with Gasteiger partial charge in [-0.05, 0) is 23.6 Å². The molecule has 0 aliphatic heterocycles. The molecule has 0 fully saturated rings. The van der Waals surface area contributed by atoms with Crippen LogP contribution in [0, 0.1) is 0 Å². The zero-order chi connectivity index (χ0) is 11.3. The van der Waals surface area contributed by atoms with Crippen LogP contribution in [0.15, 0.2) is 24.3 Å². The lowest BCUT2D eigenvalue weighted by molar-refractivity contribution is 0.105. The summed E-state index contributed by atoms with van der Waals surface area (Å²) in [6, 6.07) is 8.11. The fourth-order valence-corrected chi connectivity index (χ4v) is 1.29. The van der Waals surface area contributed by atoms with E-state index in [1.165, 1.54) is 5.56 Å². The first-order valence-corrected chi connectivity index (χ1v) is 5.26. The molecule has 0 aliphatic carbocycles. The Hall–Kier alpha value is -1.06. The molecule has 0 amide bonds. The first kappa shape index (κ1) is 12.0. The molecular weight excluding hydrogens is 190 g/mol. The molecule has 3 nitrogen and oxygen atoms in total. The maximum atomic E-state index is 9.15. The Bertz CT molecular complexity index is 282. The standard InChI is InChI=1S/C12H19NO2/c1-9(2)10-3-5-11(6-4-10)13-7-12(15)8-14/h3-6,9,12-15H,7-8H2,1-2H3. The highest BCUT2D eigenvalue weighted by Crippen LogP contribution is 2.16. The van der Waals surface area contributed by atoms with Crippen molar-refractivity contribution in [2.75, 3.05) is 18.5 Å². The van der Waals surface area contributed by atoms with Crippen LogP contribution in [-0.2, 0) is 0 Å². The Kier molecular flexibility index (Phi) is 4.59. The van der Waals surface area contributed by atoms with E-state index in [4.69, 9.17) is 10.2 Å². The van der Waals surface area contributed by atoms with Gasteiger partial charge in [-0.3, -0.25) is 0 Å². The minimum atomic E-state index is -0.699. The fourth-order valence-electron chi connectivity index (χ4n) is 1.29. The summed E-state index contributed by atoms with van der Waals surface area (Å²) < 4.78 is 0. The third-order valence-electron chi connectivity index (χ3n) is 2.33. The monoisotopic (exact) mass is 209 g/mol. The zero-order valence-electron chi connectivity index (χ0n) is 9.27. The average Bonchev–Trinajstić information content (AvgIpc) is 2.26. The molecule has 84 valence electrons. The van der Waals surface area contributed by atoms with E-state index in [0.717, 1.165) is 5.69 Å². The molecule has 0 heterocycles. The highest BCUT2D eigenvalue weighted by Gasteiger charge is 2.02. The van der Waals surface area contributed by atoms with Crippen molar-refractivity contribution in [3.8, 4) is 0 Å². The quantitative estimate of drug-likeness (QED) is 0.690. The van der Waals surface area contributed by atoms with Gasteiger partial charge in [-0.1, -0.05) is 26.0 Å². The van der Waals surface area contributed by atoms with Crippen LogP contribution >= 0.6 is 0 Å². The number of anilines is 1. The van der Waals surface area contributed by atoms with Gasteiger partial charge in [0.15, 0.2) is 0 Å². The number of benzene rings is 1. The van der Waals surface area contributed by atoms with Crippen LogP contribution in [-0.4, -0.2) is 29.5 Å². The van der Waals surface area contributed by atoms with E-state index in [-0.39, 0.29) is 6.61 Å². The van der Waals surface area contributed by atoms with E-state index in [1.54, 1.807) is 0 Å². The fraction of sp³-hybridized carbons (Fsp3) is 0.500. The predicted molar refractivity (Wildman–Crippen MR) is 62.1 cm³/mol. The second-order valence-corrected chi connectivity index (χ2v) is 3.99. The maximum Gasteiger partial charge on any atom is 0.0942 e. The number of aliphatic hydroxyl groups excluding tert-OH is 2. The number of hydrogen-bond acceptors (Lipinski definition) is 3. The Balaban J connectivity index is 2.50. The van der Waals surface area contributed by atoms with Crippen molar-refractivity contribution in [2.24, 2.45) is 0 Å². The third-order valence-corrected chi connectivity index (χ3v) is 2.33. The van der Waals surface area contributed by atoms with Gasteiger partial charge < -0.3 is 15.5 Å². The lowest BCUT2D eigenvalue weighted by Gasteiger charge is -2.11. The molecule has 3 N–H and O–H groups in total. The number of nitrogens with one attached hydrogen (secondary N) is 1. The largest absolute Gasteiger partial charge is 0.394 e. The summed E-state index contributed by atoms with van der Waals surface area (Å²) in [5, 5.41) is 20.8. The summed E-state index contributed by atoms with van der Waals surface area (Å²) >= 11 is 0. The van der Waals surface area contributed by atoms with E-state index < -0.39 is 6.10 Å². The van der Waals surface area contributed by atoms with Crippen LogP contribution in [0.3, 0.4) is 0 Å². The smallest absolute Gasteiger partial charge is 0.0942 e. The lowest BCUT2D eigenvalue weighted by atomic mass is 10.0. The Morgan fingerprint density at radius 2 is 1.80 bits per heavy atom. The van der Waals surface area contributed by atoms with Crippen molar-refractivity contribution in [3.05, 3.63) is 29.8 Å². The predicted octanol–water partition coefficient (Wildman–Crippen LogP) is 1.58. The second-order valence-electron chi connectivity index (χ2n) is 3.99. The molecule has 0 radical (unpaired) electrons. The first-order valence-electron chi connectivity index (χ1n) is 5.26. The lowest BCUT2D eigenvalue weighted by Crippen LogP contribution is -2.22. The topological polar surface area (TPSA) is 52.5 Å². The van der Waals surface area contributed by atoms with Gasteiger partial charge in [0.2, 0.25) is 0 Å². The summed E-state index contributed by atoms with van der Waals surface area (Å²) in [6.45, 7) is 4.46. The third kappa shape index (κ3) is 3.90. The molecule has 1 atom stereocenters. The van der Waals surface area contributed by atoms with Crippen LogP contribution in [0.5, 0.6) is 0 Å². The van der Waals surface area contributed by atoms with Crippen molar-refractivity contribution in [2.45, 2.75) is 25.9 Å². The number of aliphatic hydroxyl groups is 2. The van der Waals surface area contributed by atoms with E-state index in [9.17, 15) is 0 Å². The SMILES string of the molecule is CC(C)c1ccc(NCC(O)CO)cc1. The van der Waals surface area contributed by atoms with Gasteiger partial charge in [0.1, 0.15) is 0 Å². The van der Waals surface area contributed by atoms with Crippen LogP contribution in [0.1, 0.15) is 25.3 Å². The van der Waals surface area contributed by atoms with Crippen LogP contribution < -0.4 is 5.32 Å². The summed E-state index contributed by atoms with van der Waals surface area (Å²) in [4.78, 5) is 0. The molecule has 0 saturated carbocycles. The van der Waals surface area contributed by atoms with Gasteiger partial charge in [-0.25, -0.2) is 0 Å². The van der Waals surface area contributed by atoms with Crippen molar-refractivity contribution in [1.82, 2.24) is 0 Å². The molecule has 0 spiro atoms. The molecule has 1 aromatic carbocycles. The average molecular weight is 209 g/mol. The first-order chi connectivity index (χ1) is 7.13. The Morgan fingerprint density at radius 3 is 2.27 bits per heavy atom. The highest BCUT2D eigenvalue weighted by molar-refractivity contribution is 5.45. The normalized spacial score (nSPS) is 12.9. The van der Waals surface area contributed by atoms with E-state index in [0.29, 0.717) is 12.5 Å². The Morgan fingerprint density at radius 1 is 1.20 bits per heavy atom. The van der Waals surface area contributed by atoms with Crippen molar-refractivity contribution < 1.29 is 10.2 Å². The summed E-state index contributed by atoms with van der Waals surface area (Å²) in [6.07, 6.45) is -0.699. The molecule has 1 rings (SSSR count). The van der Waals surface area contributed by atoms with Gasteiger partial charge in [0.25, 0.3) is 0 Å². The second kappa shape index (κ2) is 5.73. The molecule has 0 saturated heterocycles. The molecule has 15 heavy (non-hydrogen) atoms. The van der Waals surface area contributed by atoms with Gasteiger partial charge in [-0.2, -0.15) is 0 Å². The van der Waals surface area contributed by atoms with Gasteiger partial charge >= 0.3 is 0 Å². The Labute approximate surface area is 90.8 Å². The number of rotatable bonds is 5. The van der Waals surface area contributed by atoms with Crippen LogP contribution in [0.2, 0.25) is 0 Å². The summed E-state index contributed by atoms with van der Waals surface area (Å²) in [5.74, 6) is 0.530. The van der Waals surface area contributed by atoms with E-state index >= 15 is 0 Å². The van der Waals surface area contributed by atoms with Crippen molar-refractivity contribution in [1.29, 1.82) is 0 Å². The van der Waals surface area contributed by atoms with E-state index in [1.807, 2.05) is 12.1 Å². The van der Waals surface area contributed by atoms with Gasteiger partial charge in [-0.15, -0.1) is 0 Å². The molecule has 0 bridgehead atoms. The van der Waals surface area contributed by atoms with E-state index in [2.05, 4.69) is 31.3 Å². The summed E-state index contributed by atoms with van der Waals surface area (Å²) in [7, 11) is 0. The molecule has 1 aromatic rings. The highest BCUT2D eigenvalue weighted by atomic mass is 16.3. The van der Waals surface area contributed by atoms with Crippen molar-refractivity contribution in [3.63, 3.8) is 0 Å². The molecule has 0 aromatic heterocycles. The minimum Gasteiger partial charge on any atom is -0.394 e. The van der Waals surface area contributed by atoms with Crippen molar-refractivity contribution >= 4 is 5.69 Å². The molecule has 1 unspecified atom stereocenters. The molecule has 3 heteroatoms. The van der Waals surface area contributed by atoms with Crippen LogP contribution in [0.25, 0.3) is 0 Å². The minimum absolute atomic E-state index is 0.211. The maximum absolute atomic E-state index is 9.15. The van der Waals surface area contributed by atoms with Crippen LogP contribution in [0.4, 0.5) is 5.69 Å². The molecule has 0 aliphatic rings. The van der Waals surface area contributed by atoms with Gasteiger partial charge in [0.05, 0.1) is 12.7 Å². The molecular formula is C12H19NO2. The van der Waals surface area contributed by atoms with Gasteiger partial charge in [0, 0.05) is 12.2 Å². The number of hydrogen-bond donors (Lipinski definition) is 3.